The van der Waals surface area contributed by atoms with Crippen molar-refractivity contribution in [3.8, 4) is 5.88 Å². The van der Waals surface area contributed by atoms with Crippen LogP contribution < -0.4 is 4.65 Å². The van der Waals surface area contributed by atoms with Crippen molar-refractivity contribution < 1.29 is 19.4 Å². The first-order chi connectivity index (χ1) is 7.63. The normalized spacial score (nSPS) is 12.6. The van der Waals surface area contributed by atoms with Gasteiger partial charge in [-0.15, -0.1) is 0 Å². The lowest BCUT2D eigenvalue weighted by Gasteiger charge is -2.37. The van der Waals surface area contributed by atoms with Gasteiger partial charge in [-0.1, -0.05) is 0 Å². The molecular formula is C10H19BN2O4. The minimum absolute atomic E-state index is 0.379. The molecule has 0 unspecified atom stereocenters. The van der Waals surface area contributed by atoms with Crippen molar-refractivity contribution in [2.24, 2.45) is 7.05 Å². The third-order valence-electron chi connectivity index (χ3n) is 2.87. The van der Waals surface area contributed by atoms with Gasteiger partial charge < -0.3 is 19.4 Å². The monoisotopic (exact) mass is 242 g/mol. The van der Waals surface area contributed by atoms with Crippen molar-refractivity contribution in [3.63, 3.8) is 0 Å². The van der Waals surface area contributed by atoms with E-state index in [9.17, 15) is 10.1 Å². The standard InChI is InChI=1S/C10H19BN2O4/c1-9(2,14)10(3,4)17-11(15)16-8-6-7-12-13(8)5/h6-7,14-15H,1-5H3. The summed E-state index contributed by atoms with van der Waals surface area (Å²) in [6.45, 7) is 6.54. The second kappa shape index (κ2) is 4.68. The Morgan fingerprint density at radius 2 is 1.94 bits per heavy atom. The van der Waals surface area contributed by atoms with Crippen molar-refractivity contribution in [1.29, 1.82) is 0 Å². The predicted octanol–water partition coefficient (Wildman–Crippen LogP) is 0.342. The molecule has 0 aliphatic rings. The first-order valence-corrected chi connectivity index (χ1v) is 5.36. The maximum Gasteiger partial charge on any atom is 0.711 e. The lowest BCUT2D eigenvalue weighted by Crippen LogP contribution is -2.51. The maximum atomic E-state index is 9.87. The summed E-state index contributed by atoms with van der Waals surface area (Å²) < 4.78 is 11.9. The van der Waals surface area contributed by atoms with Crippen LogP contribution in [0.1, 0.15) is 27.7 Å². The zero-order chi connectivity index (χ0) is 13.3. The fourth-order valence-electron chi connectivity index (χ4n) is 1.00. The predicted molar refractivity (Wildman–Crippen MR) is 63.3 cm³/mol. The minimum Gasteiger partial charge on any atom is -0.498 e. The quantitative estimate of drug-likeness (QED) is 0.728. The first-order valence-electron chi connectivity index (χ1n) is 5.36. The van der Waals surface area contributed by atoms with E-state index in [1.54, 1.807) is 47.0 Å². The van der Waals surface area contributed by atoms with Crippen molar-refractivity contribution in [1.82, 2.24) is 9.78 Å². The third-order valence-corrected chi connectivity index (χ3v) is 2.87. The summed E-state index contributed by atoms with van der Waals surface area (Å²) in [6.07, 6.45) is 1.54. The van der Waals surface area contributed by atoms with Crippen LogP contribution in [0.15, 0.2) is 12.3 Å². The van der Waals surface area contributed by atoms with Crippen LogP contribution in [0, 0.1) is 0 Å². The topological polar surface area (TPSA) is 76.7 Å². The number of aromatic nitrogens is 2. The first kappa shape index (κ1) is 14.0. The Labute approximate surface area is 101 Å². The van der Waals surface area contributed by atoms with Crippen molar-refractivity contribution >= 4 is 7.32 Å². The molecule has 0 fully saturated rings. The fourth-order valence-corrected chi connectivity index (χ4v) is 1.00. The fraction of sp³-hybridized carbons (Fsp3) is 0.700. The largest absolute Gasteiger partial charge is 0.711 e. The highest BCUT2D eigenvalue weighted by atomic mass is 16.7. The van der Waals surface area contributed by atoms with Gasteiger partial charge in [-0.3, -0.25) is 0 Å². The lowest BCUT2D eigenvalue weighted by atomic mass is 9.88. The van der Waals surface area contributed by atoms with Gasteiger partial charge in [0, 0.05) is 13.1 Å². The molecule has 96 valence electrons. The number of hydrogen-bond acceptors (Lipinski definition) is 5. The number of aryl methyl sites for hydroxylation is 1. The van der Waals surface area contributed by atoms with Crippen LogP contribution in [-0.2, 0) is 11.7 Å². The maximum absolute atomic E-state index is 9.87. The lowest BCUT2D eigenvalue weighted by molar-refractivity contribution is -0.108. The average molecular weight is 242 g/mol. The number of rotatable bonds is 5. The van der Waals surface area contributed by atoms with Crippen LogP contribution >= 0.6 is 0 Å². The molecule has 0 aliphatic carbocycles. The van der Waals surface area contributed by atoms with Gasteiger partial charge in [0.15, 0.2) is 5.88 Å². The Kier molecular flexibility index (Phi) is 3.86. The molecule has 1 rings (SSSR count). The van der Waals surface area contributed by atoms with Crippen molar-refractivity contribution in [2.45, 2.75) is 38.9 Å². The summed E-state index contributed by atoms with van der Waals surface area (Å²) in [5.41, 5.74) is -2.06. The van der Waals surface area contributed by atoms with Gasteiger partial charge in [-0.2, -0.15) is 5.10 Å². The Hall–Kier alpha value is -1.05. The molecule has 0 aliphatic heterocycles. The van der Waals surface area contributed by atoms with Crippen LogP contribution in [-0.4, -0.2) is 38.4 Å². The van der Waals surface area contributed by atoms with Crippen LogP contribution in [0.5, 0.6) is 5.88 Å². The molecule has 0 spiro atoms. The van der Waals surface area contributed by atoms with Crippen LogP contribution in [0.25, 0.3) is 0 Å². The van der Waals surface area contributed by atoms with Gasteiger partial charge in [0.1, 0.15) is 0 Å². The average Bonchev–Trinajstić information content (AvgIpc) is 2.48. The van der Waals surface area contributed by atoms with Gasteiger partial charge in [0.2, 0.25) is 0 Å². The van der Waals surface area contributed by atoms with Crippen molar-refractivity contribution in [2.75, 3.05) is 0 Å². The summed E-state index contributed by atoms with van der Waals surface area (Å²) >= 11 is 0. The summed E-state index contributed by atoms with van der Waals surface area (Å²) in [4.78, 5) is 0. The summed E-state index contributed by atoms with van der Waals surface area (Å²) in [7, 11) is 0.218. The Bertz CT molecular complexity index is 373. The second-order valence-electron chi connectivity index (χ2n) is 4.91. The van der Waals surface area contributed by atoms with E-state index in [0.717, 1.165) is 0 Å². The molecule has 0 saturated carbocycles. The van der Waals surface area contributed by atoms with E-state index >= 15 is 0 Å². The van der Waals surface area contributed by atoms with Gasteiger partial charge in [0.25, 0.3) is 0 Å². The van der Waals surface area contributed by atoms with E-state index in [0.29, 0.717) is 5.88 Å². The molecule has 1 aromatic heterocycles. The van der Waals surface area contributed by atoms with E-state index in [2.05, 4.69) is 5.10 Å². The molecule has 0 aromatic carbocycles. The Morgan fingerprint density at radius 3 is 2.35 bits per heavy atom. The highest BCUT2D eigenvalue weighted by Crippen LogP contribution is 2.25. The highest BCUT2D eigenvalue weighted by molar-refractivity contribution is 6.35. The molecule has 2 N–H and O–H groups in total. The van der Waals surface area contributed by atoms with E-state index in [-0.39, 0.29) is 0 Å². The molecule has 1 aromatic rings. The molecule has 0 atom stereocenters. The Morgan fingerprint density at radius 1 is 1.35 bits per heavy atom. The Balaban J connectivity index is 2.62. The van der Waals surface area contributed by atoms with Gasteiger partial charge in [0.05, 0.1) is 17.4 Å². The van der Waals surface area contributed by atoms with Crippen LogP contribution in [0.3, 0.4) is 0 Å². The highest BCUT2D eigenvalue weighted by Gasteiger charge is 2.41. The molecule has 6 nitrogen and oxygen atoms in total. The number of aliphatic hydroxyl groups is 1. The van der Waals surface area contributed by atoms with Crippen LogP contribution in [0.4, 0.5) is 0 Å². The van der Waals surface area contributed by atoms with Gasteiger partial charge in [-0.25, -0.2) is 4.68 Å². The van der Waals surface area contributed by atoms with E-state index < -0.39 is 18.5 Å². The molecule has 0 saturated heterocycles. The molecule has 1 heterocycles. The molecular weight excluding hydrogens is 223 g/mol. The third kappa shape index (κ3) is 3.45. The van der Waals surface area contributed by atoms with Gasteiger partial charge in [-0.05, 0) is 27.7 Å². The molecule has 17 heavy (non-hydrogen) atoms. The summed E-state index contributed by atoms with van der Waals surface area (Å²) in [5.74, 6) is 0.379. The smallest absolute Gasteiger partial charge is 0.498 e. The zero-order valence-electron chi connectivity index (χ0n) is 10.8. The molecule has 0 bridgehead atoms. The van der Waals surface area contributed by atoms with Crippen LogP contribution in [0.2, 0.25) is 0 Å². The zero-order valence-corrected chi connectivity index (χ0v) is 10.8. The van der Waals surface area contributed by atoms with Gasteiger partial charge >= 0.3 is 7.32 Å². The van der Waals surface area contributed by atoms with Crippen molar-refractivity contribution in [3.05, 3.63) is 12.3 Å². The second-order valence-corrected chi connectivity index (χ2v) is 4.91. The summed E-state index contributed by atoms with van der Waals surface area (Å²) in [5, 5.41) is 23.4. The molecule has 0 amide bonds. The molecule has 0 radical (unpaired) electrons. The van der Waals surface area contributed by atoms with E-state index in [4.69, 9.17) is 9.31 Å². The van der Waals surface area contributed by atoms with E-state index in [1.165, 1.54) is 4.68 Å². The number of nitrogens with zero attached hydrogens (tertiary/aromatic N) is 2. The summed E-state index contributed by atoms with van der Waals surface area (Å²) in [6, 6.07) is 1.60. The minimum atomic E-state index is -1.47. The SMILES string of the molecule is Cn1nccc1OB(O)OC(C)(C)C(C)(C)O. The molecule has 7 heteroatoms. The number of hydrogen-bond donors (Lipinski definition) is 2. The van der Waals surface area contributed by atoms with E-state index in [1.807, 2.05) is 0 Å².